The van der Waals surface area contributed by atoms with Crippen molar-refractivity contribution in [2.45, 2.75) is 32.8 Å². The van der Waals surface area contributed by atoms with Crippen LogP contribution >= 0.6 is 0 Å². The van der Waals surface area contributed by atoms with Gasteiger partial charge in [-0.2, -0.15) is 0 Å². The second-order valence-electron chi connectivity index (χ2n) is 4.19. The Hall–Kier alpha value is -1.41. The number of rotatable bonds is 3. The van der Waals surface area contributed by atoms with Crippen molar-refractivity contribution in [2.75, 3.05) is 0 Å². The third kappa shape index (κ3) is 2.07. The van der Waals surface area contributed by atoms with Gasteiger partial charge in [0.15, 0.2) is 0 Å². The van der Waals surface area contributed by atoms with Crippen LogP contribution in [-0.2, 0) is 0 Å². The van der Waals surface area contributed by atoms with Crippen LogP contribution in [0.25, 0.3) is 10.9 Å². The van der Waals surface area contributed by atoms with Crippen LogP contribution in [0.2, 0.25) is 0 Å². The molecule has 2 aromatic rings. The average Bonchev–Trinajstić information content (AvgIpc) is 2.29. The van der Waals surface area contributed by atoms with E-state index in [0.717, 1.165) is 29.4 Å². The summed E-state index contributed by atoms with van der Waals surface area (Å²) in [4.78, 5) is 4.50. The Labute approximate surface area is 96.0 Å². The van der Waals surface area contributed by atoms with Gasteiger partial charge in [0.1, 0.15) is 0 Å². The first kappa shape index (κ1) is 11.1. The molecule has 0 bridgehead atoms. The van der Waals surface area contributed by atoms with Crippen molar-refractivity contribution in [3.63, 3.8) is 0 Å². The second kappa shape index (κ2) is 4.62. The van der Waals surface area contributed by atoms with Crippen LogP contribution in [0.1, 0.15) is 37.1 Å². The Morgan fingerprint density at radius 1 is 1.31 bits per heavy atom. The molecule has 0 aliphatic carbocycles. The topological polar surface area (TPSA) is 33.1 Å². The number of aliphatic hydroxyl groups is 1. The summed E-state index contributed by atoms with van der Waals surface area (Å²) < 4.78 is 0. The first-order valence-corrected chi connectivity index (χ1v) is 5.76. The molecule has 0 aliphatic rings. The van der Waals surface area contributed by atoms with E-state index in [9.17, 15) is 5.11 Å². The maximum Gasteiger partial charge on any atom is 0.0960 e. The number of nitrogens with zero attached hydrogens (tertiary/aromatic N) is 1. The van der Waals surface area contributed by atoms with Gasteiger partial charge in [-0.05, 0) is 31.0 Å². The number of hydrogen-bond donors (Lipinski definition) is 1. The Kier molecular flexibility index (Phi) is 3.20. The summed E-state index contributed by atoms with van der Waals surface area (Å²) in [6.07, 6.45) is 1.30. The molecule has 16 heavy (non-hydrogen) atoms. The highest BCUT2D eigenvalue weighted by Gasteiger charge is 2.10. The summed E-state index contributed by atoms with van der Waals surface area (Å²) >= 11 is 0. The van der Waals surface area contributed by atoms with Crippen LogP contribution in [0, 0.1) is 6.92 Å². The maximum atomic E-state index is 9.94. The average molecular weight is 215 g/mol. The Balaban J connectivity index is 2.49. The lowest BCUT2D eigenvalue weighted by Gasteiger charge is -2.11. The molecule has 0 fully saturated rings. The van der Waals surface area contributed by atoms with Crippen LogP contribution < -0.4 is 0 Å². The predicted octanol–water partition coefficient (Wildman–Crippen LogP) is 3.38. The van der Waals surface area contributed by atoms with Crippen LogP contribution in [0.5, 0.6) is 0 Å². The van der Waals surface area contributed by atoms with Gasteiger partial charge >= 0.3 is 0 Å². The minimum absolute atomic E-state index is 0.437. The number of aliphatic hydroxyl groups excluding tert-OH is 1. The Morgan fingerprint density at radius 2 is 2.06 bits per heavy atom. The molecule has 2 heteroatoms. The molecule has 0 radical (unpaired) electrons. The summed E-state index contributed by atoms with van der Waals surface area (Å²) in [5.74, 6) is 0. The molecule has 0 saturated carbocycles. The van der Waals surface area contributed by atoms with Gasteiger partial charge in [0, 0.05) is 5.39 Å². The minimum atomic E-state index is -0.437. The fourth-order valence-electron chi connectivity index (χ4n) is 1.97. The van der Waals surface area contributed by atoms with E-state index in [2.05, 4.69) is 24.9 Å². The summed E-state index contributed by atoms with van der Waals surface area (Å²) in [5, 5.41) is 11.1. The van der Waals surface area contributed by atoms with E-state index in [0.29, 0.717) is 0 Å². The number of benzene rings is 1. The fourth-order valence-corrected chi connectivity index (χ4v) is 1.97. The quantitative estimate of drug-likeness (QED) is 0.851. The highest BCUT2D eigenvalue weighted by molar-refractivity contribution is 5.82. The highest BCUT2D eigenvalue weighted by atomic mass is 16.3. The van der Waals surface area contributed by atoms with E-state index >= 15 is 0 Å². The number of hydrogen-bond acceptors (Lipinski definition) is 2. The predicted molar refractivity (Wildman–Crippen MR) is 66.3 cm³/mol. The second-order valence-corrected chi connectivity index (χ2v) is 4.19. The molecule has 1 atom stereocenters. The number of pyridine rings is 1. The Bertz CT molecular complexity index is 493. The minimum Gasteiger partial charge on any atom is -0.387 e. The van der Waals surface area contributed by atoms with Gasteiger partial charge in [-0.1, -0.05) is 31.5 Å². The van der Waals surface area contributed by atoms with Gasteiger partial charge < -0.3 is 5.11 Å². The lowest BCUT2D eigenvalue weighted by molar-refractivity contribution is 0.162. The van der Waals surface area contributed by atoms with E-state index in [1.54, 1.807) is 0 Å². The van der Waals surface area contributed by atoms with E-state index in [1.165, 1.54) is 5.56 Å². The smallest absolute Gasteiger partial charge is 0.0960 e. The Morgan fingerprint density at radius 3 is 2.81 bits per heavy atom. The van der Waals surface area contributed by atoms with Crippen LogP contribution in [0.15, 0.2) is 30.3 Å². The van der Waals surface area contributed by atoms with Crippen molar-refractivity contribution in [2.24, 2.45) is 0 Å². The third-order valence-electron chi connectivity index (χ3n) is 2.85. The van der Waals surface area contributed by atoms with Crippen LogP contribution in [0.4, 0.5) is 0 Å². The van der Waals surface area contributed by atoms with E-state index in [4.69, 9.17) is 0 Å². The van der Waals surface area contributed by atoms with E-state index in [1.807, 2.05) is 24.3 Å². The number of aryl methyl sites for hydroxylation is 1. The SMILES string of the molecule is CCC[C@@H](O)c1cc(C)c2ccccc2n1. The van der Waals surface area contributed by atoms with Crippen molar-refractivity contribution < 1.29 is 5.11 Å². The summed E-state index contributed by atoms with van der Waals surface area (Å²) in [5.41, 5.74) is 2.93. The van der Waals surface area contributed by atoms with Gasteiger partial charge in [0.05, 0.1) is 17.3 Å². The largest absolute Gasteiger partial charge is 0.387 e. The maximum absolute atomic E-state index is 9.94. The molecule has 0 aliphatic heterocycles. The molecule has 2 rings (SSSR count). The summed E-state index contributed by atoms with van der Waals surface area (Å²) in [6, 6.07) is 10.0. The highest BCUT2D eigenvalue weighted by Crippen LogP contribution is 2.22. The number of para-hydroxylation sites is 1. The first-order chi connectivity index (χ1) is 7.72. The van der Waals surface area contributed by atoms with Gasteiger partial charge in [-0.15, -0.1) is 0 Å². The molecule has 0 saturated heterocycles. The molecular weight excluding hydrogens is 198 g/mol. The molecule has 84 valence electrons. The molecule has 1 heterocycles. The third-order valence-corrected chi connectivity index (χ3v) is 2.85. The molecule has 1 aromatic carbocycles. The number of fused-ring (bicyclic) bond motifs is 1. The monoisotopic (exact) mass is 215 g/mol. The van der Waals surface area contributed by atoms with Crippen molar-refractivity contribution in [1.82, 2.24) is 4.98 Å². The normalized spacial score (nSPS) is 12.9. The molecule has 0 spiro atoms. The zero-order chi connectivity index (χ0) is 11.5. The van der Waals surface area contributed by atoms with E-state index < -0.39 is 6.10 Å². The first-order valence-electron chi connectivity index (χ1n) is 5.76. The van der Waals surface area contributed by atoms with Gasteiger partial charge in [-0.25, -0.2) is 0 Å². The van der Waals surface area contributed by atoms with Crippen LogP contribution in [-0.4, -0.2) is 10.1 Å². The van der Waals surface area contributed by atoms with Crippen molar-refractivity contribution in [1.29, 1.82) is 0 Å². The van der Waals surface area contributed by atoms with Crippen molar-refractivity contribution in [3.05, 3.63) is 41.6 Å². The molecule has 1 aromatic heterocycles. The van der Waals surface area contributed by atoms with Gasteiger partial charge in [-0.3, -0.25) is 4.98 Å². The number of aromatic nitrogens is 1. The summed E-state index contributed by atoms with van der Waals surface area (Å²) in [6.45, 7) is 4.13. The standard InChI is InChI=1S/C14H17NO/c1-3-6-14(16)13-9-10(2)11-7-4-5-8-12(11)15-13/h4-5,7-9,14,16H,3,6H2,1-2H3/t14-/m1/s1. The molecule has 1 N–H and O–H groups in total. The fraction of sp³-hybridized carbons (Fsp3) is 0.357. The van der Waals surface area contributed by atoms with Gasteiger partial charge in [0.2, 0.25) is 0 Å². The summed E-state index contributed by atoms with van der Waals surface area (Å²) in [7, 11) is 0. The van der Waals surface area contributed by atoms with Crippen LogP contribution in [0.3, 0.4) is 0 Å². The molecule has 0 amide bonds. The zero-order valence-electron chi connectivity index (χ0n) is 9.77. The van der Waals surface area contributed by atoms with Gasteiger partial charge in [0.25, 0.3) is 0 Å². The van der Waals surface area contributed by atoms with Crippen molar-refractivity contribution >= 4 is 10.9 Å². The zero-order valence-corrected chi connectivity index (χ0v) is 9.77. The lowest BCUT2D eigenvalue weighted by atomic mass is 10.1. The molecule has 2 nitrogen and oxygen atoms in total. The van der Waals surface area contributed by atoms with E-state index in [-0.39, 0.29) is 0 Å². The molecule has 0 unspecified atom stereocenters. The molecular formula is C14H17NO. The lowest BCUT2D eigenvalue weighted by Crippen LogP contribution is -2.01. The van der Waals surface area contributed by atoms with Crippen molar-refractivity contribution in [3.8, 4) is 0 Å².